The summed E-state index contributed by atoms with van der Waals surface area (Å²) in [4.78, 5) is 13.5. The van der Waals surface area contributed by atoms with E-state index < -0.39 is 0 Å². The summed E-state index contributed by atoms with van der Waals surface area (Å²) in [6.45, 7) is 14.8. The number of hydrogen-bond acceptors (Lipinski definition) is 8. The summed E-state index contributed by atoms with van der Waals surface area (Å²) in [6.07, 6.45) is 19.8. The zero-order valence-corrected chi connectivity index (χ0v) is 31.0. The molecule has 0 aliphatic heterocycles. The fourth-order valence-electron chi connectivity index (χ4n) is 8.85. The highest BCUT2D eigenvalue weighted by Gasteiger charge is 2.51. The second-order valence-corrected chi connectivity index (χ2v) is 17.6. The Kier molecular flexibility index (Phi) is 8.34. The quantitative estimate of drug-likeness (QED) is 0.146. The van der Waals surface area contributed by atoms with Crippen molar-refractivity contribution in [3.05, 3.63) is 86.8 Å². The fourth-order valence-corrected chi connectivity index (χ4v) is 14.4. The van der Waals surface area contributed by atoms with Gasteiger partial charge in [-0.3, -0.25) is 0 Å². The predicted molar refractivity (Wildman–Crippen MR) is 207 cm³/mol. The monoisotopic (exact) mass is 728 g/mol. The summed E-state index contributed by atoms with van der Waals surface area (Å²) >= 11 is 7.17. The second kappa shape index (κ2) is 12.7. The van der Waals surface area contributed by atoms with Crippen LogP contribution in [0, 0.1) is 35.8 Å². The third kappa shape index (κ3) is 4.85. The first-order chi connectivity index (χ1) is 24.4. The summed E-state index contributed by atoms with van der Waals surface area (Å²) in [5, 5.41) is 18.8. The largest absolute Gasteiger partial charge is 0.520 e. The van der Waals surface area contributed by atoms with Crippen molar-refractivity contribution in [2.75, 3.05) is 14.2 Å². The molecule has 0 aromatic carbocycles. The molecule has 8 rings (SSSR count). The molecule has 10 heteroatoms. The Hall–Kier alpha value is -4.42. The Balaban J connectivity index is 1.29. The summed E-state index contributed by atoms with van der Waals surface area (Å²) in [5.74, 6) is 1.69. The normalized spacial score (nSPS) is 17.9. The Morgan fingerprint density at radius 3 is 1.54 bits per heavy atom. The molecule has 0 bridgehead atoms. The van der Waals surface area contributed by atoms with Crippen molar-refractivity contribution in [2.45, 2.75) is 75.0 Å². The Morgan fingerprint density at radius 2 is 1.14 bits per heavy atom. The number of hydrogen-bond donors (Lipinski definition) is 0. The molecule has 0 atom stereocenters. The van der Waals surface area contributed by atoms with Crippen molar-refractivity contribution >= 4 is 90.2 Å². The van der Waals surface area contributed by atoms with E-state index >= 15 is 0 Å². The van der Waals surface area contributed by atoms with Crippen LogP contribution in [-0.4, -0.2) is 14.2 Å². The molecule has 0 amide bonds. The molecule has 4 aromatic rings. The smallest absolute Gasteiger partial charge is 0.495 e. The summed E-state index contributed by atoms with van der Waals surface area (Å²) in [6, 6.07) is 7.95. The zero-order valence-electron chi connectivity index (χ0n) is 27.8. The lowest BCUT2D eigenvalue weighted by Gasteiger charge is -2.37. The van der Waals surface area contributed by atoms with Crippen LogP contribution in [0.15, 0.2) is 23.5 Å². The van der Waals surface area contributed by atoms with Gasteiger partial charge in [0.15, 0.2) is 0 Å². The molecule has 248 valence electrons. The first kappa shape index (κ1) is 32.8. The molecule has 2 fully saturated rings. The van der Waals surface area contributed by atoms with Crippen LogP contribution in [-0.2, 0) is 10.8 Å². The maximum Gasteiger partial charge on any atom is 0.520 e. The van der Waals surface area contributed by atoms with Crippen LogP contribution < -0.4 is 9.47 Å². The van der Waals surface area contributed by atoms with Gasteiger partial charge in [0.05, 0.1) is 33.4 Å². The van der Waals surface area contributed by atoms with Crippen LogP contribution in [0.4, 0.5) is 0 Å². The molecular formula is C40H32N4O2S4. The lowest BCUT2D eigenvalue weighted by atomic mass is 9.66. The van der Waals surface area contributed by atoms with Crippen molar-refractivity contribution in [2.24, 2.45) is 0 Å². The first-order valence-electron chi connectivity index (χ1n) is 16.8. The molecule has 4 aliphatic carbocycles. The van der Waals surface area contributed by atoms with Crippen LogP contribution in [0.2, 0.25) is 0 Å². The Bertz CT molecular complexity index is 2170. The maximum absolute atomic E-state index is 9.41. The van der Waals surface area contributed by atoms with E-state index in [2.05, 4.69) is 21.8 Å². The van der Waals surface area contributed by atoms with Crippen molar-refractivity contribution < 1.29 is 9.47 Å². The van der Waals surface area contributed by atoms with Gasteiger partial charge in [-0.2, -0.15) is 20.2 Å². The van der Waals surface area contributed by atoms with Crippen LogP contribution in [0.25, 0.3) is 54.5 Å². The number of nitrogens with zero attached hydrogens (tertiary/aromatic N) is 4. The van der Waals surface area contributed by atoms with Gasteiger partial charge in [0, 0.05) is 36.4 Å². The van der Waals surface area contributed by atoms with Gasteiger partial charge in [-0.05, 0) is 78.3 Å². The average Bonchev–Trinajstić information content (AvgIpc) is 3.98. The number of nitriles is 2. The van der Waals surface area contributed by atoms with E-state index in [1.807, 2.05) is 46.9 Å². The third-order valence-electron chi connectivity index (χ3n) is 10.9. The Labute approximate surface area is 308 Å². The van der Waals surface area contributed by atoms with E-state index in [0.29, 0.717) is 0 Å². The summed E-state index contributed by atoms with van der Waals surface area (Å²) in [5.41, 5.74) is 5.59. The highest BCUT2D eigenvalue weighted by atomic mass is 32.1. The minimum absolute atomic E-state index is 0.0631. The standard InChI is InChI=1S/C40H32N4O2S4/c1-43-32(44-2)18-25-17-29(46-4)36(48-25)27-20-31-34(40(27)13-9-6-10-14-40)38-37(50-31)33-30(49-38)19-26(39(33)11-7-5-8-12-39)35-28(45-3)16-24(47-35)15-23(21-41)22-42/h15-20H,5-14H2,3-4H3. The minimum atomic E-state index is -0.0924. The van der Waals surface area contributed by atoms with Gasteiger partial charge in [0.25, 0.3) is 0 Å². The van der Waals surface area contributed by atoms with E-state index in [0.717, 1.165) is 56.7 Å². The van der Waals surface area contributed by atoms with E-state index in [-0.39, 0.29) is 22.2 Å². The predicted octanol–water partition coefficient (Wildman–Crippen LogP) is 12.2. The van der Waals surface area contributed by atoms with Gasteiger partial charge in [0.1, 0.15) is 42.4 Å². The summed E-state index contributed by atoms with van der Waals surface area (Å²) in [7, 11) is 3.42. The van der Waals surface area contributed by atoms with Crippen molar-refractivity contribution in [3.63, 3.8) is 0 Å². The van der Waals surface area contributed by atoms with E-state index in [9.17, 15) is 10.5 Å². The molecule has 4 heterocycles. The molecule has 2 saturated carbocycles. The van der Waals surface area contributed by atoms with Gasteiger partial charge in [-0.25, -0.2) is 0 Å². The molecule has 0 N–H and O–H groups in total. The van der Waals surface area contributed by atoms with Crippen LogP contribution in [0.1, 0.15) is 105 Å². The number of rotatable bonds is 6. The molecule has 4 aromatic heterocycles. The highest BCUT2D eigenvalue weighted by Crippen LogP contribution is 2.67. The van der Waals surface area contributed by atoms with Gasteiger partial charge >= 0.3 is 5.82 Å². The van der Waals surface area contributed by atoms with Crippen LogP contribution in [0.3, 0.4) is 0 Å². The molecule has 0 radical (unpaired) electrons. The van der Waals surface area contributed by atoms with E-state index in [1.54, 1.807) is 49.0 Å². The lowest BCUT2D eigenvalue weighted by molar-refractivity contribution is 0.372. The molecule has 6 nitrogen and oxygen atoms in total. The molecule has 4 aliphatic rings. The van der Waals surface area contributed by atoms with Gasteiger partial charge in [0.2, 0.25) is 0 Å². The number of fused-ring (bicyclic) bond motifs is 7. The fraction of sp³-hybridized carbons (Fsp3) is 0.350. The number of thiophene rings is 4. The Morgan fingerprint density at radius 1 is 0.700 bits per heavy atom. The third-order valence-corrected chi connectivity index (χ3v) is 15.6. The lowest BCUT2D eigenvalue weighted by Crippen LogP contribution is -2.28. The maximum atomic E-state index is 9.41. The molecular weight excluding hydrogens is 697 g/mol. The molecule has 0 saturated heterocycles. The second-order valence-electron chi connectivity index (χ2n) is 13.3. The van der Waals surface area contributed by atoms with Crippen molar-refractivity contribution in [1.82, 2.24) is 0 Å². The highest BCUT2D eigenvalue weighted by molar-refractivity contribution is 7.29. The topological polar surface area (TPSA) is 74.8 Å². The van der Waals surface area contributed by atoms with Gasteiger partial charge in [-0.15, -0.1) is 45.3 Å². The number of ether oxygens (including phenoxy) is 2. The average molecular weight is 729 g/mol. The molecule has 0 unspecified atom stereocenters. The minimum Gasteiger partial charge on any atom is -0.495 e. The molecule has 50 heavy (non-hydrogen) atoms. The number of allylic oxidation sites excluding steroid dienone is 3. The summed E-state index contributed by atoms with van der Waals surface area (Å²) < 4.78 is 14.8. The zero-order chi connectivity index (χ0) is 34.6. The van der Waals surface area contributed by atoms with E-state index in [1.165, 1.54) is 80.0 Å². The van der Waals surface area contributed by atoms with Gasteiger partial charge in [-0.1, -0.05) is 38.5 Å². The molecule has 2 spiro atoms. The first-order valence-corrected chi connectivity index (χ1v) is 20.1. The van der Waals surface area contributed by atoms with Crippen LogP contribution in [0.5, 0.6) is 11.5 Å². The van der Waals surface area contributed by atoms with Crippen molar-refractivity contribution in [3.8, 4) is 23.6 Å². The van der Waals surface area contributed by atoms with Gasteiger partial charge < -0.3 is 9.47 Å². The number of methoxy groups -OCH3 is 2. The SMILES string of the molecule is [C-]#[N+]C(=Cc1cc(OC)c(C2=Cc3sc4c5c(sc4c3C23CCCCC3)C=C(c2sc(C=C(C#N)C#N)cc2OC)C52CCCCC2)s1)[N+]#[C-]. The van der Waals surface area contributed by atoms with E-state index in [4.69, 9.17) is 22.6 Å². The van der Waals surface area contributed by atoms with Crippen LogP contribution >= 0.6 is 45.3 Å². The van der Waals surface area contributed by atoms with Crippen molar-refractivity contribution in [1.29, 1.82) is 10.5 Å².